The van der Waals surface area contributed by atoms with E-state index < -0.39 is 5.82 Å². The molecule has 0 saturated carbocycles. The number of hydrogen-bond donors (Lipinski definition) is 1. The minimum Gasteiger partial charge on any atom is -0.494 e. The molecule has 0 bridgehead atoms. The fourth-order valence-corrected chi connectivity index (χ4v) is 2.04. The van der Waals surface area contributed by atoms with Crippen LogP contribution in [-0.4, -0.2) is 27.3 Å². The van der Waals surface area contributed by atoms with Crippen LogP contribution in [0.15, 0.2) is 42.5 Å². The minimum atomic E-state index is -0.409. The van der Waals surface area contributed by atoms with Crippen molar-refractivity contribution in [3.05, 3.63) is 48.3 Å². The molecule has 0 radical (unpaired) electrons. The molecule has 0 unspecified atom stereocenters. The topological polar surface area (TPSA) is 78.8 Å². The van der Waals surface area contributed by atoms with Crippen LogP contribution in [0.25, 0.3) is 17.1 Å². The maximum atomic E-state index is 13.5. The third kappa shape index (κ3) is 2.29. The Morgan fingerprint density at radius 2 is 2.00 bits per heavy atom. The van der Waals surface area contributed by atoms with Crippen molar-refractivity contribution < 1.29 is 9.13 Å². The molecule has 6 nitrogen and oxygen atoms in total. The number of nitrogens with two attached hydrogens (primary N) is 1. The molecular formula is C14H12FN5O. The van der Waals surface area contributed by atoms with E-state index in [1.165, 1.54) is 22.9 Å². The fraction of sp³-hybridized carbons (Fsp3) is 0.0714. The first-order valence-corrected chi connectivity index (χ1v) is 6.18. The molecule has 0 atom stereocenters. The predicted molar refractivity (Wildman–Crippen MR) is 75.5 cm³/mol. The van der Waals surface area contributed by atoms with Gasteiger partial charge in [-0.2, -0.15) is 4.68 Å². The zero-order valence-corrected chi connectivity index (χ0v) is 11.2. The highest BCUT2D eigenvalue weighted by molar-refractivity contribution is 5.72. The number of tetrazole rings is 1. The number of methoxy groups -OCH3 is 1. The van der Waals surface area contributed by atoms with Gasteiger partial charge < -0.3 is 10.5 Å². The fourth-order valence-electron chi connectivity index (χ4n) is 2.04. The second-order valence-corrected chi connectivity index (χ2v) is 4.32. The molecule has 0 spiro atoms. The number of para-hydroxylation sites is 2. The predicted octanol–water partition coefficient (Wildman–Crippen LogP) is 2.06. The Bertz CT molecular complexity index is 787. The molecule has 3 aromatic rings. The Hall–Kier alpha value is -2.96. The van der Waals surface area contributed by atoms with Crippen molar-refractivity contribution in [2.45, 2.75) is 0 Å². The lowest BCUT2D eigenvalue weighted by Crippen LogP contribution is -2.04. The number of benzene rings is 2. The van der Waals surface area contributed by atoms with Crippen LogP contribution in [-0.2, 0) is 0 Å². The van der Waals surface area contributed by atoms with E-state index in [1.54, 1.807) is 19.2 Å². The van der Waals surface area contributed by atoms with Crippen LogP contribution in [0.1, 0.15) is 0 Å². The Morgan fingerprint density at radius 3 is 2.81 bits per heavy atom. The molecule has 0 aliphatic heterocycles. The average Bonchev–Trinajstić information content (AvgIpc) is 2.98. The first-order valence-electron chi connectivity index (χ1n) is 6.18. The molecule has 106 valence electrons. The molecule has 0 saturated heterocycles. The number of nitrogen functional groups attached to an aromatic ring is 1. The van der Waals surface area contributed by atoms with Crippen LogP contribution in [0, 0.1) is 5.82 Å². The molecule has 7 heteroatoms. The molecular weight excluding hydrogens is 273 g/mol. The van der Waals surface area contributed by atoms with E-state index in [9.17, 15) is 4.39 Å². The molecule has 3 rings (SSSR count). The van der Waals surface area contributed by atoms with Crippen LogP contribution in [0.5, 0.6) is 5.75 Å². The molecule has 0 amide bonds. The van der Waals surface area contributed by atoms with Gasteiger partial charge in [0, 0.05) is 11.3 Å². The zero-order chi connectivity index (χ0) is 14.8. The molecule has 0 fully saturated rings. The summed E-state index contributed by atoms with van der Waals surface area (Å²) < 4.78 is 20.2. The third-order valence-electron chi connectivity index (χ3n) is 3.04. The first-order chi connectivity index (χ1) is 10.2. The summed E-state index contributed by atoms with van der Waals surface area (Å²) in [5.74, 6) is 0.534. The Balaban J connectivity index is 2.20. The van der Waals surface area contributed by atoms with Gasteiger partial charge in [0.1, 0.15) is 17.3 Å². The third-order valence-corrected chi connectivity index (χ3v) is 3.04. The minimum absolute atomic E-state index is 0.344. The van der Waals surface area contributed by atoms with Gasteiger partial charge in [-0.15, -0.1) is 5.10 Å². The molecule has 2 aromatic carbocycles. The Morgan fingerprint density at radius 1 is 1.19 bits per heavy atom. The maximum absolute atomic E-state index is 13.5. The molecule has 2 N–H and O–H groups in total. The van der Waals surface area contributed by atoms with Crippen LogP contribution in [0.2, 0.25) is 0 Å². The highest BCUT2D eigenvalue weighted by atomic mass is 19.1. The molecule has 1 aromatic heterocycles. The smallest absolute Gasteiger partial charge is 0.189 e. The van der Waals surface area contributed by atoms with Crippen molar-refractivity contribution in [2.75, 3.05) is 12.8 Å². The average molecular weight is 285 g/mol. The maximum Gasteiger partial charge on any atom is 0.189 e. The molecule has 1 heterocycles. The van der Waals surface area contributed by atoms with Crippen molar-refractivity contribution in [1.29, 1.82) is 0 Å². The van der Waals surface area contributed by atoms with Crippen molar-refractivity contribution in [2.24, 2.45) is 0 Å². The van der Waals surface area contributed by atoms with Crippen molar-refractivity contribution >= 4 is 5.69 Å². The van der Waals surface area contributed by atoms with E-state index >= 15 is 0 Å². The Labute approximate surface area is 120 Å². The summed E-state index contributed by atoms with van der Waals surface area (Å²) in [5, 5.41) is 11.5. The lowest BCUT2D eigenvalue weighted by atomic mass is 10.1. The van der Waals surface area contributed by atoms with E-state index in [4.69, 9.17) is 10.5 Å². The normalized spacial score (nSPS) is 10.6. The molecule has 0 aliphatic carbocycles. The lowest BCUT2D eigenvalue weighted by Gasteiger charge is -2.10. The first kappa shape index (κ1) is 13.0. The van der Waals surface area contributed by atoms with Crippen LogP contribution >= 0.6 is 0 Å². The van der Waals surface area contributed by atoms with E-state index in [2.05, 4.69) is 15.5 Å². The molecule has 0 aliphatic rings. The summed E-state index contributed by atoms with van der Waals surface area (Å²) in [4.78, 5) is 0. The number of rotatable bonds is 3. The summed E-state index contributed by atoms with van der Waals surface area (Å²) in [6.07, 6.45) is 0. The van der Waals surface area contributed by atoms with E-state index in [0.29, 0.717) is 28.5 Å². The van der Waals surface area contributed by atoms with Gasteiger partial charge in [0.2, 0.25) is 0 Å². The van der Waals surface area contributed by atoms with Gasteiger partial charge in [-0.1, -0.05) is 12.1 Å². The number of ether oxygens (including phenoxy) is 1. The highest BCUT2D eigenvalue weighted by Gasteiger charge is 2.16. The van der Waals surface area contributed by atoms with Crippen LogP contribution < -0.4 is 10.5 Å². The van der Waals surface area contributed by atoms with E-state index in [0.717, 1.165) is 0 Å². The lowest BCUT2D eigenvalue weighted by molar-refractivity contribution is 0.411. The highest BCUT2D eigenvalue weighted by Crippen LogP contribution is 2.29. The van der Waals surface area contributed by atoms with Gasteiger partial charge in [-0.3, -0.25) is 0 Å². The summed E-state index contributed by atoms with van der Waals surface area (Å²) in [6, 6.07) is 11.3. The quantitative estimate of drug-likeness (QED) is 0.745. The summed E-state index contributed by atoms with van der Waals surface area (Å²) in [5.41, 5.74) is 7.35. The number of hydrogen-bond acceptors (Lipinski definition) is 5. The zero-order valence-electron chi connectivity index (χ0n) is 11.2. The van der Waals surface area contributed by atoms with Gasteiger partial charge >= 0.3 is 0 Å². The van der Waals surface area contributed by atoms with E-state index in [-0.39, 0.29) is 0 Å². The summed E-state index contributed by atoms with van der Waals surface area (Å²) in [7, 11) is 1.55. The van der Waals surface area contributed by atoms with E-state index in [1.807, 2.05) is 12.1 Å². The van der Waals surface area contributed by atoms with Gasteiger partial charge in [0.15, 0.2) is 5.82 Å². The number of anilines is 1. The SMILES string of the molecule is COc1ccccc1-n1nnnc1-c1cc(F)ccc1N. The molecule has 21 heavy (non-hydrogen) atoms. The monoisotopic (exact) mass is 285 g/mol. The second kappa shape index (κ2) is 5.20. The number of nitrogens with zero attached hydrogens (tertiary/aromatic N) is 4. The number of halogens is 1. The standard InChI is InChI=1S/C14H12FN5O/c1-21-13-5-3-2-4-12(13)20-14(17-18-19-20)10-8-9(15)6-7-11(10)16/h2-8H,16H2,1H3. The van der Waals surface area contributed by atoms with Crippen molar-refractivity contribution in [3.8, 4) is 22.8 Å². The largest absolute Gasteiger partial charge is 0.494 e. The Kier molecular flexibility index (Phi) is 3.23. The number of aromatic nitrogens is 4. The summed E-state index contributed by atoms with van der Waals surface area (Å²) in [6.45, 7) is 0. The van der Waals surface area contributed by atoms with Crippen molar-refractivity contribution in [3.63, 3.8) is 0 Å². The second-order valence-electron chi connectivity index (χ2n) is 4.32. The van der Waals surface area contributed by atoms with Crippen molar-refractivity contribution in [1.82, 2.24) is 20.2 Å². The van der Waals surface area contributed by atoms with Gasteiger partial charge in [-0.25, -0.2) is 4.39 Å². The van der Waals surface area contributed by atoms with Gasteiger partial charge in [-0.05, 0) is 40.8 Å². The van der Waals surface area contributed by atoms with Gasteiger partial charge in [0.05, 0.1) is 7.11 Å². The summed E-state index contributed by atoms with van der Waals surface area (Å²) >= 11 is 0. The van der Waals surface area contributed by atoms with Crippen LogP contribution in [0.4, 0.5) is 10.1 Å². The van der Waals surface area contributed by atoms with Crippen LogP contribution in [0.3, 0.4) is 0 Å². The van der Waals surface area contributed by atoms with Gasteiger partial charge in [0.25, 0.3) is 0 Å².